The van der Waals surface area contributed by atoms with Crippen molar-refractivity contribution in [2.24, 2.45) is 0 Å². The van der Waals surface area contributed by atoms with Crippen LogP contribution in [0.25, 0.3) is 0 Å². The normalized spacial score (nSPS) is 10.7. The number of aryl methyl sites for hydroxylation is 1. The lowest BCUT2D eigenvalue weighted by atomic mass is 10.1. The number of hydrogen-bond donors (Lipinski definition) is 2. The summed E-state index contributed by atoms with van der Waals surface area (Å²) in [4.78, 5) is 16.1. The zero-order chi connectivity index (χ0) is 19.9. The molecule has 0 saturated carbocycles. The molecule has 0 fully saturated rings. The van der Waals surface area contributed by atoms with Gasteiger partial charge in [-0.2, -0.15) is 0 Å². The highest BCUT2D eigenvalue weighted by Crippen LogP contribution is 2.12. The fourth-order valence-electron chi connectivity index (χ4n) is 2.92. The van der Waals surface area contributed by atoms with E-state index in [9.17, 15) is 13.6 Å². The number of urea groups is 1. The molecule has 1 aromatic heterocycles. The number of amides is 2. The summed E-state index contributed by atoms with van der Waals surface area (Å²) in [7, 11) is 0. The van der Waals surface area contributed by atoms with Gasteiger partial charge in [0.25, 0.3) is 0 Å². The molecular weight excluding hydrogens is 362 g/mol. The highest BCUT2D eigenvalue weighted by molar-refractivity contribution is 5.73. The molecule has 2 amide bonds. The van der Waals surface area contributed by atoms with Gasteiger partial charge >= 0.3 is 6.03 Å². The van der Waals surface area contributed by atoms with Gasteiger partial charge in [0.05, 0.1) is 0 Å². The lowest BCUT2D eigenvalue weighted by molar-refractivity contribution is 0.240. The smallest absolute Gasteiger partial charge is 0.315 e. The maximum Gasteiger partial charge on any atom is 0.315 e. The van der Waals surface area contributed by atoms with Crippen LogP contribution in [0.5, 0.6) is 0 Å². The molecule has 3 rings (SSSR count). The number of rotatable bonds is 7. The molecular formula is C21H22F2N4O. The summed E-state index contributed by atoms with van der Waals surface area (Å²) in [5.74, 6) is -0.270. The molecule has 0 bridgehead atoms. The van der Waals surface area contributed by atoms with E-state index >= 15 is 0 Å². The van der Waals surface area contributed by atoms with E-state index in [4.69, 9.17) is 0 Å². The largest absolute Gasteiger partial charge is 0.338 e. The number of aromatic nitrogens is 2. The molecule has 28 heavy (non-hydrogen) atoms. The highest BCUT2D eigenvalue weighted by atomic mass is 19.1. The summed E-state index contributed by atoms with van der Waals surface area (Å²) < 4.78 is 29.2. The molecule has 5 nitrogen and oxygen atoms in total. The first-order chi connectivity index (χ1) is 13.5. The maximum absolute atomic E-state index is 13.6. The molecule has 0 spiro atoms. The first-order valence-corrected chi connectivity index (χ1v) is 9.03. The van der Waals surface area contributed by atoms with Gasteiger partial charge in [-0.05, 0) is 36.6 Å². The summed E-state index contributed by atoms with van der Waals surface area (Å²) in [5, 5.41) is 5.37. The molecule has 2 N–H and O–H groups in total. The first-order valence-electron chi connectivity index (χ1n) is 9.03. The minimum Gasteiger partial charge on any atom is -0.338 e. The molecule has 0 radical (unpaired) electrons. The first kappa shape index (κ1) is 19.5. The van der Waals surface area contributed by atoms with Crippen LogP contribution in [-0.2, 0) is 19.5 Å². The molecule has 0 atom stereocenters. The molecule has 2 aromatic carbocycles. The predicted octanol–water partition coefficient (Wildman–Crippen LogP) is 3.56. The molecule has 0 unspecified atom stereocenters. The van der Waals surface area contributed by atoms with E-state index in [2.05, 4.69) is 15.6 Å². The van der Waals surface area contributed by atoms with E-state index in [1.807, 2.05) is 42.0 Å². The van der Waals surface area contributed by atoms with Crippen molar-refractivity contribution in [1.82, 2.24) is 20.2 Å². The van der Waals surface area contributed by atoms with Gasteiger partial charge in [0.15, 0.2) is 0 Å². The van der Waals surface area contributed by atoms with Crippen molar-refractivity contribution in [3.63, 3.8) is 0 Å². The summed E-state index contributed by atoms with van der Waals surface area (Å²) >= 11 is 0. The second-order valence-corrected chi connectivity index (χ2v) is 6.48. The fraction of sp³-hybridized carbons (Fsp3) is 0.238. The summed E-state index contributed by atoms with van der Waals surface area (Å²) in [5.41, 5.74) is 2.05. The van der Waals surface area contributed by atoms with Crippen LogP contribution in [0.1, 0.15) is 22.5 Å². The minimum absolute atomic E-state index is 0.0229. The average molecular weight is 384 g/mol. The van der Waals surface area contributed by atoms with Gasteiger partial charge in [-0.15, -0.1) is 0 Å². The highest BCUT2D eigenvalue weighted by Gasteiger charge is 2.09. The molecule has 7 heteroatoms. The van der Waals surface area contributed by atoms with Gasteiger partial charge < -0.3 is 15.2 Å². The van der Waals surface area contributed by atoms with Crippen LogP contribution in [0.15, 0.2) is 54.9 Å². The Morgan fingerprint density at radius 1 is 1.07 bits per heavy atom. The van der Waals surface area contributed by atoms with Crippen LogP contribution in [-0.4, -0.2) is 22.1 Å². The van der Waals surface area contributed by atoms with Crippen molar-refractivity contribution >= 4 is 6.03 Å². The third-order valence-electron chi connectivity index (χ3n) is 4.44. The van der Waals surface area contributed by atoms with Crippen LogP contribution in [0, 0.1) is 18.6 Å². The number of hydrogen-bond acceptors (Lipinski definition) is 2. The van der Waals surface area contributed by atoms with Gasteiger partial charge in [0.2, 0.25) is 0 Å². The monoisotopic (exact) mass is 384 g/mol. The number of nitrogens with zero attached hydrogens (tertiary/aromatic N) is 2. The Morgan fingerprint density at radius 2 is 1.79 bits per heavy atom. The van der Waals surface area contributed by atoms with E-state index in [-0.39, 0.29) is 24.6 Å². The standard InChI is InChI=1S/C21H22F2N4O/c1-15-24-10-11-27(15)14-17-5-2-4-16(12-17)13-26-21(28)25-9-8-18-19(22)6-3-7-20(18)23/h2-7,10-12H,8-9,13-14H2,1H3,(H2,25,26,28). The molecule has 3 aromatic rings. The lowest BCUT2D eigenvalue weighted by Crippen LogP contribution is -2.36. The second-order valence-electron chi connectivity index (χ2n) is 6.48. The van der Waals surface area contributed by atoms with E-state index in [0.29, 0.717) is 13.1 Å². The van der Waals surface area contributed by atoms with E-state index < -0.39 is 11.6 Å². The average Bonchev–Trinajstić information content (AvgIpc) is 3.07. The molecule has 0 saturated heterocycles. The minimum atomic E-state index is -0.604. The SMILES string of the molecule is Cc1nccn1Cc1cccc(CNC(=O)NCCc2c(F)cccc2F)c1. The number of nitrogens with one attached hydrogen (secondary N) is 2. The third kappa shape index (κ3) is 5.16. The van der Waals surface area contributed by atoms with Crippen molar-refractivity contribution in [3.05, 3.63) is 89.0 Å². The van der Waals surface area contributed by atoms with E-state index in [1.54, 1.807) is 6.20 Å². The summed E-state index contributed by atoms with van der Waals surface area (Å²) in [6, 6.07) is 11.3. The molecule has 1 heterocycles. The number of imidazole rings is 1. The summed E-state index contributed by atoms with van der Waals surface area (Å²) in [6.07, 6.45) is 3.77. The van der Waals surface area contributed by atoms with Crippen LogP contribution in [0.2, 0.25) is 0 Å². The Hall–Kier alpha value is -3.22. The van der Waals surface area contributed by atoms with Crippen molar-refractivity contribution in [3.8, 4) is 0 Å². The van der Waals surface area contributed by atoms with Gasteiger partial charge in [-0.25, -0.2) is 18.6 Å². The number of carbonyl (C=O) groups is 1. The number of halogens is 2. The van der Waals surface area contributed by atoms with Gasteiger partial charge in [0, 0.05) is 37.6 Å². The van der Waals surface area contributed by atoms with E-state index in [0.717, 1.165) is 17.0 Å². The van der Waals surface area contributed by atoms with Crippen molar-refractivity contribution in [2.75, 3.05) is 6.54 Å². The van der Waals surface area contributed by atoms with Crippen molar-refractivity contribution in [1.29, 1.82) is 0 Å². The second kappa shape index (κ2) is 9.12. The van der Waals surface area contributed by atoms with Crippen molar-refractivity contribution in [2.45, 2.75) is 26.4 Å². The van der Waals surface area contributed by atoms with Gasteiger partial charge in [-0.3, -0.25) is 0 Å². The molecule has 0 aliphatic heterocycles. The fourth-order valence-corrected chi connectivity index (χ4v) is 2.92. The quantitative estimate of drug-likeness (QED) is 0.654. The molecule has 0 aliphatic carbocycles. The van der Waals surface area contributed by atoms with Gasteiger partial charge in [-0.1, -0.05) is 30.3 Å². The van der Waals surface area contributed by atoms with Gasteiger partial charge in [0.1, 0.15) is 17.5 Å². The molecule has 146 valence electrons. The Morgan fingerprint density at radius 3 is 2.50 bits per heavy atom. The Kier molecular flexibility index (Phi) is 6.37. The topological polar surface area (TPSA) is 59.0 Å². The van der Waals surface area contributed by atoms with Crippen molar-refractivity contribution < 1.29 is 13.6 Å². The summed E-state index contributed by atoms with van der Waals surface area (Å²) in [6.45, 7) is 3.16. The third-order valence-corrected chi connectivity index (χ3v) is 4.44. The Labute approximate surface area is 162 Å². The zero-order valence-electron chi connectivity index (χ0n) is 15.6. The van der Waals surface area contributed by atoms with Crippen LogP contribution in [0.3, 0.4) is 0 Å². The predicted molar refractivity (Wildman–Crippen MR) is 103 cm³/mol. The number of carbonyl (C=O) groups excluding carboxylic acids is 1. The number of benzene rings is 2. The Bertz CT molecular complexity index is 935. The van der Waals surface area contributed by atoms with Crippen LogP contribution < -0.4 is 10.6 Å². The lowest BCUT2D eigenvalue weighted by Gasteiger charge is -2.10. The van der Waals surface area contributed by atoms with Crippen LogP contribution >= 0.6 is 0 Å². The Balaban J connectivity index is 1.47. The van der Waals surface area contributed by atoms with E-state index in [1.165, 1.54) is 18.2 Å². The van der Waals surface area contributed by atoms with Crippen LogP contribution in [0.4, 0.5) is 13.6 Å². The molecule has 0 aliphatic rings. The maximum atomic E-state index is 13.6. The zero-order valence-corrected chi connectivity index (χ0v) is 15.6.